The summed E-state index contributed by atoms with van der Waals surface area (Å²) in [7, 11) is 2.66. The molecular weight excluding hydrogens is 436 g/mol. The summed E-state index contributed by atoms with van der Waals surface area (Å²) in [5, 5.41) is 0. The second-order valence-corrected chi connectivity index (χ2v) is 7.32. The van der Waals surface area contributed by atoms with Gasteiger partial charge in [-0.05, 0) is 23.3 Å². The molecule has 2 heterocycles. The van der Waals surface area contributed by atoms with Crippen molar-refractivity contribution in [2.45, 2.75) is 0 Å². The topological polar surface area (TPSA) is 109 Å². The van der Waals surface area contributed by atoms with Crippen molar-refractivity contribution in [1.29, 1.82) is 0 Å². The third kappa shape index (κ3) is 3.97. The number of fused-ring (bicyclic) bond motifs is 1. The molecule has 0 aliphatic carbocycles. The number of carbonyl (C=O) groups excluding carboxylic acids is 3. The quantitative estimate of drug-likeness (QED) is 0.246. The monoisotopic (exact) mass is 458 g/mol. The van der Waals surface area contributed by atoms with Gasteiger partial charge in [-0.15, -0.1) is 0 Å². The first-order valence-corrected chi connectivity index (χ1v) is 10.4. The minimum atomic E-state index is -1.14. The summed E-state index contributed by atoms with van der Waals surface area (Å²) in [4.78, 5) is 36.6. The van der Waals surface area contributed by atoms with Crippen molar-refractivity contribution in [2.24, 2.45) is 5.73 Å². The van der Waals surface area contributed by atoms with E-state index in [0.717, 1.165) is 16.7 Å². The number of Topliss-reactive ketones (excluding diaryl/α,β-unsaturated/α-hetero) is 1. The number of ether oxygens (including phenoxy) is 3. The number of hydrogen-bond acceptors (Lipinski definition) is 6. The molecule has 2 N–H and O–H groups in total. The second-order valence-electron chi connectivity index (χ2n) is 7.32. The van der Waals surface area contributed by atoms with Crippen molar-refractivity contribution in [3.8, 4) is 33.9 Å². The van der Waals surface area contributed by atoms with Crippen LogP contribution in [-0.2, 0) is 14.3 Å². The summed E-state index contributed by atoms with van der Waals surface area (Å²) in [6.45, 7) is -0.385. The van der Waals surface area contributed by atoms with Crippen LogP contribution in [-0.4, -0.2) is 42.9 Å². The predicted molar refractivity (Wildman–Crippen MR) is 126 cm³/mol. The van der Waals surface area contributed by atoms with Gasteiger partial charge in [0.15, 0.2) is 12.4 Å². The maximum absolute atomic E-state index is 13.0. The molecule has 0 saturated heterocycles. The van der Waals surface area contributed by atoms with E-state index in [1.165, 1.54) is 14.2 Å². The Balaban J connectivity index is 2.06. The van der Waals surface area contributed by atoms with Gasteiger partial charge in [-0.25, -0.2) is 4.79 Å². The molecule has 34 heavy (non-hydrogen) atoms. The number of ketones is 1. The molecule has 0 aliphatic heterocycles. The number of rotatable bonds is 8. The molecule has 0 fully saturated rings. The Bertz CT molecular complexity index is 1390. The molecule has 0 radical (unpaired) electrons. The molecule has 0 saturated carbocycles. The van der Waals surface area contributed by atoms with Gasteiger partial charge < -0.3 is 24.3 Å². The number of nitrogens with two attached hydrogens (primary N) is 1. The number of hydrogen-bond donors (Lipinski definition) is 1. The minimum absolute atomic E-state index is 0.0478. The number of primary amides is 1. The van der Waals surface area contributed by atoms with Crippen LogP contribution in [0.3, 0.4) is 0 Å². The van der Waals surface area contributed by atoms with Crippen LogP contribution in [0.15, 0.2) is 72.9 Å². The van der Waals surface area contributed by atoms with Crippen LogP contribution in [0.4, 0.5) is 0 Å². The highest BCUT2D eigenvalue weighted by atomic mass is 16.6. The molecule has 0 bridgehead atoms. The molecular formula is C26H22N2O6. The van der Waals surface area contributed by atoms with Gasteiger partial charge in [0.05, 0.1) is 25.5 Å². The van der Waals surface area contributed by atoms with E-state index in [0.29, 0.717) is 5.69 Å². The SMILES string of the molecule is COC(=O)COc1cccn2c(-c3ccccc3-c3ccccc3)c(OC)c(C(=O)C(N)=O)c12. The van der Waals surface area contributed by atoms with E-state index in [1.54, 1.807) is 22.7 Å². The molecule has 0 unspecified atom stereocenters. The van der Waals surface area contributed by atoms with E-state index < -0.39 is 17.7 Å². The molecule has 4 rings (SSSR count). The van der Waals surface area contributed by atoms with Gasteiger partial charge in [-0.1, -0.05) is 54.6 Å². The largest absolute Gasteiger partial charge is 0.494 e. The summed E-state index contributed by atoms with van der Waals surface area (Å²) in [5.74, 6) is -2.32. The lowest BCUT2D eigenvalue weighted by Gasteiger charge is -2.13. The normalized spacial score (nSPS) is 10.6. The molecule has 172 valence electrons. The molecule has 8 heteroatoms. The van der Waals surface area contributed by atoms with E-state index >= 15 is 0 Å². The van der Waals surface area contributed by atoms with Crippen LogP contribution in [0.1, 0.15) is 10.4 Å². The average Bonchev–Trinajstić information content (AvgIpc) is 3.21. The first kappa shape index (κ1) is 22.6. The van der Waals surface area contributed by atoms with Crippen LogP contribution in [0.5, 0.6) is 11.5 Å². The second kappa shape index (κ2) is 9.50. The number of nitrogens with zero attached hydrogens (tertiary/aromatic N) is 1. The van der Waals surface area contributed by atoms with Crippen molar-refractivity contribution < 1.29 is 28.6 Å². The van der Waals surface area contributed by atoms with Crippen molar-refractivity contribution >= 4 is 23.2 Å². The van der Waals surface area contributed by atoms with Crippen LogP contribution in [0.25, 0.3) is 27.9 Å². The first-order valence-electron chi connectivity index (χ1n) is 10.4. The lowest BCUT2D eigenvalue weighted by molar-refractivity contribution is -0.142. The lowest BCUT2D eigenvalue weighted by atomic mass is 9.97. The van der Waals surface area contributed by atoms with E-state index in [2.05, 4.69) is 4.74 Å². The molecule has 8 nitrogen and oxygen atoms in total. The lowest BCUT2D eigenvalue weighted by Crippen LogP contribution is -2.23. The number of benzene rings is 2. The van der Waals surface area contributed by atoms with Crippen LogP contribution in [0, 0.1) is 0 Å². The number of methoxy groups -OCH3 is 2. The zero-order valence-electron chi connectivity index (χ0n) is 18.6. The number of aromatic nitrogens is 1. The van der Waals surface area contributed by atoms with E-state index in [9.17, 15) is 14.4 Å². The summed E-state index contributed by atoms with van der Waals surface area (Å²) in [6, 6.07) is 20.7. The fourth-order valence-corrected chi connectivity index (χ4v) is 3.91. The van der Waals surface area contributed by atoms with Gasteiger partial charge >= 0.3 is 5.97 Å². The van der Waals surface area contributed by atoms with Gasteiger partial charge in [-0.2, -0.15) is 0 Å². The average molecular weight is 458 g/mol. The molecule has 4 aromatic rings. The van der Waals surface area contributed by atoms with Crippen molar-refractivity contribution in [2.75, 3.05) is 20.8 Å². The van der Waals surface area contributed by atoms with Gasteiger partial charge in [0.2, 0.25) is 0 Å². The van der Waals surface area contributed by atoms with Gasteiger partial charge in [0.25, 0.3) is 11.7 Å². The maximum atomic E-state index is 13.0. The Labute approximate surface area is 195 Å². The first-order chi connectivity index (χ1) is 16.5. The molecule has 2 aromatic heterocycles. The predicted octanol–water partition coefficient (Wildman–Crippen LogP) is 3.50. The zero-order valence-corrected chi connectivity index (χ0v) is 18.6. The molecule has 1 amide bonds. The van der Waals surface area contributed by atoms with Gasteiger partial charge in [-0.3, -0.25) is 9.59 Å². The smallest absolute Gasteiger partial charge is 0.343 e. The number of carbonyl (C=O) groups is 3. The molecule has 0 atom stereocenters. The third-order valence-corrected chi connectivity index (χ3v) is 5.37. The Kier molecular flexibility index (Phi) is 6.31. The fraction of sp³-hybridized carbons (Fsp3) is 0.115. The third-order valence-electron chi connectivity index (χ3n) is 5.37. The number of pyridine rings is 1. The maximum Gasteiger partial charge on any atom is 0.343 e. The van der Waals surface area contributed by atoms with E-state index in [-0.39, 0.29) is 29.2 Å². The zero-order chi connectivity index (χ0) is 24.2. The van der Waals surface area contributed by atoms with E-state index in [1.807, 2.05) is 54.6 Å². The Morgan fingerprint density at radius 2 is 1.56 bits per heavy atom. The Morgan fingerprint density at radius 3 is 2.21 bits per heavy atom. The number of esters is 1. The van der Waals surface area contributed by atoms with Crippen LogP contribution < -0.4 is 15.2 Å². The van der Waals surface area contributed by atoms with Gasteiger partial charge in [0.1, 0.15) is 11.3 Å². The van der Waals surface area contributed by atoms with Gasteiger partial charge in [0, 0.05) is 11.8 Å². The van der Waals surface area contributed by atoms with Crippen LogP contribution >= 0.6 is 0 Å². The summed E-state index contributed by atoms with van der Waals surface area (Å²) < 4.78 is 17.7. The molecule has 0 aliphatic rings. The minimum Gasteiger partial charge on any atom is -0.494 e. The van der Waals surface area contributed by atoms with Crippen molar-refractivity contribution in [3.63, 3.8) is 0 Å². The highest BCUT2D eigenvalue weighted by molar-refractivity contribution is 6.45. The standard InChI is InChI=1S/C26H22N2O6/c1-32-20(29)15-34-19-13-8-14-28-22(25(33-2)21(23(19)28)24(30)26(27)31)18-12-7-6-11-17(18)16-9-4-3-5-10-16/h3-14H,15H2,1-2H3,(H2,27,31). The van der Waals surface area contributed by atoms with E-state index in [4.69, 9.17) is 15.2 Å². The summed E-state index contributed by atoms with van der Waals surface area (Å²) in [5.41, 5.74) is 8.72. The molecule has 0 spiro atoms. The van der Waals surface area contributed by atoms with Crippen LogP contribution in [0.2, 0.25) is 0 Å². The van der Waals surface area contributed by atoms with Crippen molar-refractivity contribution in [1.82, 2.24) is 4.40 Å². The fourth-order valence-electron chi connectivity index (χ4n) is 3.91. The summed E-state index contributed by atoms with van der Waals surface area (Å²) in [6.07, 6.45) is 1.72. The summed E-state index contributed by atoms with van der Waals surface area (Å²) >= 11 is 0. The Morgan fingerprint density at radius 1 is 0.882 bits per heavy atom. The Hall–Kier alpha value is -4.59. The molecule has 2 aromatic carbocycles. The highest BCUT2D eigenvalue weighted by Gasteiger charge is 2.31. The van der Waals surface area contributed by atoms with Crippen molar-refractivity contribution in [3.05, 3.63) is 78.5 Å². The highest BCUT2D eigenvalue weighted by Crippen LogP contribution is 2.44. The number of amides is 1.